The van der Waals surface area contributed by atoms with E-state index in [1.54, 1.807) is 24.3 Å². The highest BCUT2D eigenvalue weighted by molar-refractivity contribution is 6.00. The second kappa shape index (κ2) is 8.32. The van der Waals surface area contributed by atoms with Gasteiger partial charge in [-0.25, -0.2) is 0 Å². The third kappa shape index (κ3) is 4.37. The van der Waals surface area contributed by atoms with Crippen LogP contribution in [0, 0.1) is 5.92 Å². The number of rotatable bonds is 7. The molecule has 7 nitrogen and oxygen atoms in total. The van der Waals surface area contributed by atoms with Crippen LogP contribution in [0.1, 0.15) is 13.3 Å². The van der Waals surface area contributed by atoms with Crippen LogP contribution in [0.15, 0.2) is 36.9 Å². The van der Waals surface area contributed by atoms with Gasteiger partial charge in [0.1, 0.15) is 5.75 Å². The molecule has 1 fully saturated rings. The fourth-order valence-corrected chi connectivity index (χ4v) is 2.59. The van der Waals surface area contributed by atoms with Crippen LogP contribution in [0.2, 0.25) is 0 Å². The summed E-state index contributed by atoms with van der Waals surface area (Å²) in [5.74, 6) is -1.21. The molecule has 1 aliphatic rings. The van der Waals surface area contributed by atoms with Gasteiger partial charge in [0.15, 0.2) is 6.10 Å². The fraction of sp³-hybridized carbons (Fsp3) is 0.389. The number of methoxy groups -OCH3 is 1. The number of para-hydroxylation sites is 2. The van der Waals surface area contributed by atoms with E-state index < -0.39 is 23.9 Å². The van der Waals surface area contributed by atoms with Crippen LogP contribution in [-0.2, 0) is 19.1 Å². The van der Waals surface area contributed by atoms with E-state index in [1.165, 1.54) is 25.0 Å². The van der Waals surface area contributed by atoms with E-state index in [-0.39, 0.29) is 18.9 Å². The summed E-state index contributed by atoms with van der Waals surface area (Å²) >= 11 is 0. The molecular formula is C18H22N2O5. The Bertz CT molecular complexity index is 673. The molecule has 0 aromatic heterocycles. The molecule has 0 radical (unpaired) electrons. The normalized spacial score (nSPS) is 17.8. The molecule has 2 atom stereocenters. The second-order valence-corrected chi connectivity index (χ2v) is 5.69. The summed E-state index contributed by atoms with van der Waals surface area (Å²) in [6.45, 7) is 5.48. The fourth-order valence-electron chi connectivity index (χ4n) is 2.59. The first-order valence-corrected chi connectivity index (χ1v) is 8.00. The zero-order chi connectivity index (χ0) is 18.4. The van der Waals surface area contributed by atoms with Gasteiger partial charge in [-0.1, -0.05) is 18.2 Å². The number of carbonyl (C=O) groups is 3. The molecule has 134 valence electrons. The van der Waals surface area contributed by atoms with Gasteiger partial charge in [-0.15, -0.1) is 6.58 Å². The number of esters is 1. The van der Waals surface area contributed by atoms with Gasteiger partial charge in [0, 0.05) is 19.5 Å². The van der Waals surface area contributed by atoms with E-state index >= 15 is 0 Å². The van der Waals surface area contributed by atoms with Crippen molar-refractivity contribution in [3.05, 3.63) is 36.9 Å². The summed E-state index contributed by atoms with van der Waals surface area (Å²) in [6.07, 6.45) is 0.647. The van der Waals surface area contributed by atoms with Gasteiger partial charge in [-0.3, -0.25) is 14.4 Å². The molecule has 1 N–H and O–H groups in total. The minimum absolute atomic E-state index is 0.0396. The van der Waals surface area contributed by atoms with Crippen molar-refractivity contribution < 1.29 is 23.9 Å². The molecule has 1 saturated heterocycles. The Kier molecular flexibility index (Phi) is 6.16. The quantitative estimate of drug-likeness (QED) is 0.594. The summed E-state index contributed by atoms with van der Waals surface area (Å²) in [5, 5.41) is 2.56. The van der Waals surface area contributed by atoms with E-state index in [1.807, 2.05) is 0 Å². The van der Waals surface area contributed by atoms with Gasteiger partial charge in [-0.05, 0) is 19.1 Å². The second-order valence-electron chi connectivity index (χ2n) is 5.69. The average Bonchev–Trinajstić information content (AvgIpc) is 3.01. The van der Waals surface area contributed by atoms with E-state index in [0.29, 0.717) is 18.0 Å². The first-order chi connectivity index (χ1) is 12.0. The van der Waals surface area contributed by atoms with Gasteiger partial charge < -0.3 is 19.7 Å². The Balaban J connectivity index is 2.00. The lowest BCUT2D eigenvalue weighted by atomic mass is 10.1. The zero-order valence-electron chi connectivity index (χ0n) is 14.4. The number of carbonyl (C=O) groups excluding carboxylic acids is 3. The number of hydrogen-bond donors (Lipinski definition) is 1. The molecule has 2 rings (SSSR count). The monoisotopic (exact) mass is 346 g/mol. The maximum absolute atomic E-state index is 12.3. The van der Waals surface area contributed by atoms with Crippen molar-refractivity contribution in [1.29, 1.82) is 0 Å². The molecule has 0 bridgehead atoms. The molecule has 1 heterocycles. The Labute approximate surface area is 146 Å². The summed E-state index contributed by atoms with van der Waals surface area (Å²) in [5.41, 5.74) is 0.613. The first kappa shape index (κ1) is 18.5. The zero-order valence-corrected chi connectivity index (χ0v) is 14.4. The first-order valence-electron chi connectivity index (χ1n) is 8.00. The van der Waals surface area contributed by atoms with Crippen LogP contribution >= 0.6 is 0 Å². The van der Waals surface area contributed by atoms with Crippen molar-refractivity contribution in [1.82, 2.24) is 5.32 Å². The SMILES string of the molecule is C=CCNC(=O)[C@H](C)OC(=O)[C@H]1CC(=O)N(c2ccccc2OC)C1. The summed E-state index contributed by atoms with van der Waals surface area (Å²) in [4.78, 5) is 37.8. The van der Waals surface area contributed by atoms with Crippen LogP contribution in [0.3, 0.4) is 0 Å². The molecule has 0 saturated carbocycles. The third-order valence-corrected chi connectivity index (χ3v) is 3.92. The van der Waals surface area contributed by atoms with Crippen molar-refractivity contribution in [2.45, 2.75) is 19.4 Å². The van der Waals surface area contributed by atoms with Crippen LogP contribution in [0.25, 0.3) is 0 Å². The molecule has 7 heteroatoms. The van der Waals surface area contributed by atoms with Gasteiger partial charge in [0.2, 0.25) is 5.91 Å². The Morgan fingerprint density at radius 1 is 1.44 bits per heavy atom. The van der Waals surface area contributed by atoms with Crippen LogP contribution in [0.5, 0.6) is 5.75 Å². The molecule has 0 aliphatic carbocycles. The van der Waals surface area contributed by atoms with Crippen LogP contribution < -0.4 is 15.0 Å². The minimum atomic E-state index is -0.928. The van der Waals surface area contributed by atoms with Crippen molar-refractivity contribution in [3.63, 3.8) is 0 Å². The molecule has 1 aromatic carbocycles. The maximum Gasteiger partial charge on any atom is 0.312 e. The average molecular weight is 346 g/mol. The van der Waals surface area contributed by atoms with E-state index in [0.717, 1.165) is 0 Å². The highest BCUT2D eigenvalue weighted by Gasteiger charge is 2.38. The lowest BCUT2D eigenvalue weighted by molar-refractivity contribution is -0.158. The summed E-state index contributed by atoms with van der Waals surface area (Å²) in [6, 6.07) is 7.11. The standard InChI is InChI=1S/C18H22N2O5/c1-4-9-19-17(22)12(2)25-18(23)13-10-16(21)20(11-13)14-7-5-6-8-15(14)24-3/h4-8,12-13H,1,9-11H2,2-3H3,(H,19,22)/t12-,13-/m0/s1. The Hall–Kier alpha value is -2.83. The predicted molar refractivity (Wildman–Crippen MR) is 92.2 cm³/mol. The molecular weight excluding hydrogens is 324 g/mol. The number of nitrogens with zero attached hydrogens (tertiary/aromatic N) is 1. The molecule has 2 amide bonds. The highest BCUT2D eigenvalue weighted by atomic mass is 16.5. The summed E-state index contributed by atoms with van der Waals surface area (Å²) in [7, 11) is 1.52. The summed E-state index contributed by atoms with van der Waals surface area (Å²) < 4.78 is 10.5. The number of benzene rings is 1. The molecule has 0 spiro atoms. The van der Waals surface area contributed by atoms with Crippen molar-refractivity contribution in [3.8, 4) is 5.75 Å². The highest BCUT2D eigenvalue weighted by Crippen LogP contribution is 2.33. The Morgan fingerprint density at radius 2 is 2.16 bits per heavy atom. The minimum Gasteiger partial charge on any atom is -0.495 e. The number of nitrogens with one attached hydrogen (secondary N) is 1. The van der Waals surface area contributed by atoms with Crippen molar-refractivity contribution in [2.24, 2.45) is 5.92 Å². The number of hydrogen-bond acceptors (Lipinski definition) is 5. The third-order valence-electron chi connectivity index (χ3n) is 3.92. The van der Waals surface area contributed by atoms with Crippen molar-refractivity contribution >= 4 is 23.5 Å². The largest absolute Gasteiger partial charge is 0.495 e. The molecule has 25 heavy (non-hydrogen) atoms. The maximum atomic E-state index is 12.3. The topological polar surface area (TPSA) is 84.9 Å². The number of ether oxygens (including phenoxy) is 2. The Morgan fingerprint density at radius 3 is 2.84 bits per heavy atom. The van der Waals surface area contributed by atoms with Gasteiger partial charge in [0.05, 0.1) is 18.7 Å². The molecule has 0 unspecified atom stereocenters. The number of amides is 2. The van der Waals surface area contributed by atoms with E-state index in [2.05, 4.69) is 11.9 Å². The van der Waals surface area contributed by atoms with Gasteiger partial charge in [-0.2, -0.15) is 0 Å². The number of anilines is 1. The lowest BCUT2D eigenvalue weighted by Crippen LogP contribution is -2.37. The van der Waals surface area contributed by atoms with Crippen LogP contribution in [0.4, 0.5) is 5.69 Å². The molecule has 1 aromatic rings. The van der Waals surface area contributed by atoms with Gasteiger partial charge in [0.25, 0.3) is 5.91 Å². The van der Waals surface area contributed by atoms with Crippen molar-refractivity contribution in [2.75, 3.05) is 25.1 Å². The van der Waals surface area contributed by atoms with Gasteiger partial charge >= 0.3 is 5.97 Å². The van der Waals surface area contributed by atoms with E-state index in [4.69, 9.17) is 9.47 Å². The van der Waals surface area contributed by atoms with E-state index in [9.17, 15) is 14.4 Å². The van der Waals surface area contributed by atoms with Crippen LogP contribution in [-0.4, -0.2) is 44.1 Å². The molecule has 1 aliphatic heterocycles. The lowest BCUT2D eigenvalue weighted by Gasteiger charge is -2.19. The predicted octanol–water partition coefficient (Wildman–Crippen LogP) is 1.28. The smallest absolute Gasteiger partial charge is 0.312 e.